The summed E-state index contributed by atoms with van der Waals surface area (Å²) in [4.78, 5) is 25.5. The van der Waals surface area contributed by atoms with Crippen molar-refractivity contribution in [3.63, 3.8) is 0 Å². The number of para-hydroxylation sites is 1. The molecule has 3 aromatic rings. The number of aliphatic carboxylic acids is 1. The summed E-state index contributed by atoms with van der Waals surface area (Å²) in [6, 6.07) is 18.0. The van der Waals surface area contributed by atoms with Crippen molar-refractivity contribution in [1.29, 1.82) is 0 Å². The smallest absolute Gasteiger partial charge is 0.303 e. The van der Waals surface area contributed by atoms with Gasteiger partial charge in [0.15, 0.2) is 0 Å². The van der Waals surface area contributed by atoms with Gasteiger partial charge in [-0.05, 0) is 30.0 Å². The molecule has 0 unspecified atom stereocenters. The lowest BCUT2D eigenvalue weighted by Gasteiger charge is -2.23. The molecule has 0 aliphatic heterocycles. The van der Waals surface area contributed by atoms with Crippen LogP contribution in [0.3, 0.4) is 0 Å². The zero-order valence-electron chi connectivity index (χ0n) is 16.2. The minimum atomic E-state index is -0.831. The molecule has 0 bridgehead atoms. The molecule has 28 heavy (non-hydrogen) atoms. The Labute approximate surface area is 165 Å². The molecule has 3 rings (SSSR count). The number of aryl methyl sites for hydroxylation is 2. The van der Waals surface area contributed by atoms with Gasteiger partial charge in [0.05, 0.1) is 0 Å². The van der Waals surface area contributed by atoms with E-state index in [9.17, 15) is 9.59 Å². The number of amides is 1. The third-order valence-electron chi connectivity index (χ3n) is 4.98. The Morgan fingerprint density at radius 3 is 2.46 bits per heavy atom. The highest BCUT2D eigenvalue weighted by atomic mass is 16.4. The summed E-state index contributed by atoms with van der Waals surface area (Å²) < 4.78 is 2.09. The topological polar surface area (TPSA) is 62.5 Å². The number of carbonyl (C=O) groups excluding carboxylic acids is 1. The Morgan fingerprint density at radius 2 is 1.71 bits per heavy atom. The van der Waals surface area contributed by atoms with Crippen molar-refractivity contribution in [3.05, 3.63) is 71.9 Å². The molecule has 5 heteroatoms. The molecule has 1 heterocycles. The van der Waals surface area contributed by atoms with Gasteiger partial charge in [0, 0.05) is 50.1 Å². The molecule has 146 valence electrons. The van der Waals surface area contributed by atoms with Crippen molar-refractivity contribution in [2.75, 3.05) is 6.54 Å². The number of carboxylic acid groups (broad SMARTS) is 1. The van der Waals surface area contributed by atoms with Crippen molar-refractivity contribution < 1.29 is 14.7 Å². The van der Waals surface area contributed by atoms with Crippen molar-refractivity contribution in [1.82, 2.24) is 9.47 Å². The fraction of sp³-hybridized carbons (Fsp3) is 0.304. The van der Waals surface area contributed by atoms with E-state index < -0.39 is 5.97 Å². The number of carbonyl (C=O) groups is 2. The highest BCUT2D eigenvalue weighted by molar-refractivity contribution is 5.85. The molecule has 0 spiro atoms. The van der Waals surface area contributed by atoms with E-state index >= 15 is 0 Å². The van der Waals surface area contributed by atoms with E-state index in [4.69, 9.17) is 5.11 Å². The lowest BCUT2D eigenvalue weighted by Crippen LogP contribution is -2.32. The fourth-order valence-corrected chi connectivity index (χ4v) is 3.54. The molecular formula is C23H26N2O3. The average molecular weight is 378 g/mol. The van der Waals surface area contributed by atoms with E-state index in [0.29, 0.717) is 32.4 Å². The molecule has 1 amide bonds. The van der Waals surface area contributed by atoms with Gasteiger partial charge < -0.3 is 14.6 Å². The zero-order chi connectivity index (χ0) is 19.9. The normalized spacial score (nSPS) is 10.9. The predicted octanol–water partition coefficient (Wildman–Crippen LogP) is 4.00. The highest BCUT2D eigenvalue weighted by Crippen LogP contribution is 2.22. The molecule has 0 saturated heterocycles. The fourth-order valence-electron chi connectivity index (χ4n) is 3.54. The standard InChI is InChI=1S/C23H26N2O3/c1-24-17-19(20-10-5-6-11-21(20)24)13-14-22(26)25(15-7-12-23(27)28)16-18-8-3-2-4-9-18/h2-6,8-11,17H,7,12-16H2,1H3,(H,27,28). The maximum Gasteiger partial charge on any atom is 0.303 e. The van der Waals surface area contributed by atoms with E-state index in [2.05, 4.69) is 22.9 Å². The van der Waals surface area contributed by atoms with E-state index in [0.717, 1.165) is 16.6 Å². The lowest BCUT2D eigenvalue weighted by atomic mass is 10.1. The molecule has 0 aliphatic carbocycles. The SMILES string of the molecule is Cn1cc(CCC(=O)N(CCCC(=O)O)Cc2ccccc2)c2ccccc21. The van der Waals surface area contributed by atoms with E-state index in [1.165, 1.54) is 5.39 Å². The Kier molecular flexibility index (Phi) is 6.48. The van der Waals surface area contributed by atoms with E-state index in [-0.39, 0.29) is 12.3 Å². The Bertz CT molecular complexity index is 947. The van der Waals surface area contributed by atoms with Crippen LogP contribution in [0, 0.1) is 0 Å². The maximum absolute atomic E-state index is 12.9. The van der Waals surface area contributed by atoms with E-state index in [1.54, 1.807) is 4.90 Å². The molecule has 0 aliphatic rings. The minimum Gasteiger partial charge on any atom is -0.481 e. The number of aromatic nitrogens is 1. The molecule has 0 fully saturated rings. The van der Waals surface area contributed by atoms with Gasteiger partial charge >= 0.3 is 5.97 Å². The van der Waals surface area contributed by atoms with Crippen LogP contribution in [0.4, 0.5) is 0 Å². The van der Waals surface area contributed by atoms with Gasteiger partial charge in [-0.3, -0.25) is 9.59 Å². The van der Waals surface area contributed by atoms with Crippen LogP contribution in [0.2, 0.25) is 0 Å². The monoisotopic (exact) mass is 378 g/mol. The van der Waals surface area contributed by atoms with Gasteiger partial charge in [-0.1, -0.05) is 48.5 Å². The summed E-state index contributed by atoms with van der Waals surface area (Å²) in [6.45, 7) is 0.963. The first-order valence-electron chi connectivity index (χ1n) is 9.61. The summed E-state index contributed by atoms with van der Waals surface area (Å²) in [6.07, 6.45) is 3.70. The zero-order valence-corrected chi connectivity index (χ0v) is 16.2. The van der Waals surface area contributed by atoms with Gasteiger partial charge in [0.1, 0.15) is 0 Å². The first kappa shape index (κ1) is 19.7. The molecule has 0 atom stereocenters. The minimum absolute atomic E-state index is 0.0576. The quantitative estimate of drug-likeness (QED) is 0.612. The van der Waals surface area contributed by atoms with Gasteiger partial charge in [-0.2, -0.15) is 0 Å². The number of hydrogen-bond donors (Lipinski definition) is 1. The first-order valence-corrected chi connectivity index (χ1v) is 9.61. The van der Waals surface area contributed by atoms with Crippen LogP contribution < -0.4 is 0 Å². The van der Waals surface area contributed by atoms with Crippen LogP contribution in [-0.2, 0) is 29.6 Å². The van der Waals surface area contributed by atoms with Crippen LogP contribution in [-0.4, -0.2) is 33.0 Å². The molecule has 0 saturated carbocycles. The van der Waals surface area contributed by atoms with Crippen molar-refractivity contribution in [3.8, 4) is 0 Å². The first-order chi connectivity index (χ1) is 13.5. The predicted molar refractivity (Wildman–Crippen MR) is 110 cm³/mol. The van der Waals surface area contributed by atoms with Crippen molar-refractivity contribution >= 4 is 22.8 Å². The van der Waals surface area contributed by atoms with Crippen LogP contribution in [0.25, 0.3) is 10.9 Å². The molecule has 0 radical (unpaired) electrons. The third kappa shape index (κ3) is 5.00. The van der Waals surface area contributed by atoms with Gasteiger partial charge in [0.2, 0.25) is 5.91 Å². The van der Waals surface area contributed by atoms with E-state index in [1.807, 2.05) is 49.5 Å². The maximum atomic E-state index is 12.9. The number of carboxylic acids is 1. The van der Waals surface area contributed by atoms with Gasteiger partial charge in [-0.25, -0.2) is 0 Å². The molecule has 2 aromatic carbocycles. The lowest BCUT2D eigenvalue weighted by molar-refractivity contribution is -0.138. The van der Waals surface area contributed by atoms with Crippen LogP contribution in [0.5, 0.6) is 0 Å². The van der Waals surface area contributed by atoms with Crippen molar-refractivity contribution in [2.24, 2.45) is 7.05 Å². The van der Waals surface area contributed by atoms with Crippen molar-refractivity contribution in [2.45, 2.75) is 32.2 Å². The second-order valence-electron chi connectivity index (χ2n) is 7.08. The third-order valence-corrected chi connectivity index (χ3v) is 4.98. The number of nitrogens with zero attached hydrogens (tertiary/aromatic N) is 2. The summed E-state index contributed by atoms with van der Waals surface area (Å²) in [7, 11) is 2.02. The number of rotatable bonds is 9. The largest absolute Gasteiger partial charge is 0.481 e. The Hall–Kier alpha value is -3.08. The summed E-state index contributed by atoms with van der Waals surface area (Å²) in [5.41, 5.74) is 3.38. The molecule has 5 nitrogen and oxygen atoms in total. The van der Waals surface area contributed by atoms with Gasteiger partial charge in [0.25, 0.3) is 0 Å². The van der Waals surface area contributed by atoms with Gasteiger partial charge in [-0.15, -0.1) is 0 Å². The number of fused-ring (bicyclic) bond motifs is 1. The summed E-state index contributed by atoms with van der Waals surface area (Å²) >= 11 is 0. The number of hydrogen-bond acceptors (Lipinski definition) is 2. The molecule has 1 aromatic heterocycles. The Balaban J connectivity index is 1.68. The second kappa shape index (κ2) is 9.22. The summed E-state index contributed by atoms with van der Waals surface area (Å²) in [5, 5.41) is 10.1. The Morgan fingerprint density at radius 1 is 1.00 bits per heavy atom. The molecular weight excluding hydrogens is 352 g/mol. The molecule has 1 N–H and O–H groups in total. The number of benzene rings is 2. The highest BCUT2D eigenvalue weighted by Gasteiger charge is 2.16. The van der Waals surface area contributed by atoms with Crippen LogP contribution in [0.1, 0.15) is 30.4 Å². The van der Waals surface area contributed by atoms with Crippen LogP contribution >= 0.6 is 0 Å². The summed E-state index contributed by atoms with van der Waals surface area (Å²) in [5.74, 6) is -0.773. The average Bonchev–Trinajstić information content (AvgIpc) is 3.02. The second-order valence-corrected chi connectivity index (χ2v) is 7.08. The van der Waals surface area contributed by atoms with Crippen LogP contribution in [0.15, 0.2) is 60.8 Å².